The third-order valence-electron chi connectivity index (χ3n) is 3.77. The summed E-state index contributed by atoms with van der Waals surface area (Å²) < 4.78 is 12.7. The molecule has 2 N–H and O–H groups in total. The van der Waals surface area contributed by atoms with E-state index in [2.05, 4.69) is 20.9 Å². The van der Waals surface area contributed by atoms with E-state index in [1.807, 2.05) is 32.2 Å². The molecule has 2 aromatic rings. The van der Waals surface area contributed by atoms with Gasteiger partial charge in [-0.05, 0) is 39.1 Å². The summed E-state index contributed by atoms with van der Waals surface area (Å²) >= 11 is 0. The minimum atomic E-state index is -0.215. The number of nitrogens with zero attached hydrogens (tertiary/aromatic N) is 3. The van der Waals surface area contributed by atoms with Gasteiger partial charge in [0.25, 0.3) is 5.91 Å². The van der Waals surface area contributed by atoms with Crippen LogP contribution in [0.2, 0.25) is 0 Å². The van der Waals surface area contributed by atoms with Crippen LogP contribution in [0.3, 0.4) is 0 Å². The van der Waals surface area contributed by atoms with E-state index < -0.39 is 0 Å². The number of ether oxygens (including phenoxy) is 2. The molecule has 1 aromatic carbocycles. The molecule has 2 heterocycles. The molecule has 8 nitrogen and oxygen atoms in total. The van der Waals surface area contributed by atoms with Crippen molar-refractivity contribution in [1.29, 1.82) is 0 Å². The number of rotatable bonds is 6. The zero-order valence-corrected chi connectivity index (χ0v) is 15.1. The highest BCUT2D eigenvalue weighted by molar-refractivity contribution is 5.93. The predicted octanol–water partition coefficient (Wildman–Crippen LogP) is 1.11. The molecule has 0 atom stereocenters. The summed E-state index contributed by atoms with van der Waals surface area (Å²) in [6, 6.07) is 5.54. The number of carbonyl (C=O) groups excluding carboxylic acids is 1. The maximum Gasteiger partial charge on any atom is 0.273 e. The van der Waals surface area contributed by atoms with Crippen LogP contribution in [0.25, 0.3) is 5.69 Å². The number of carbonyl (C=O) groups is 1. The van der Waals surface area contributed by atoms with E-state index in [1.54, 1.807) is 4.68 Å². The van der Waals surface area contributed by atoms with Crippen LogP contribution in [0.4, 0.5) is 0 Å². The van der Waals surface area contributed by atoms with Crippen LogP contribution < -0.4 is 20.1 Å². The lowest BCUT2D eigenvalue weighted by molar-refractivity contribution is 0.0947. The highest BCUT2D eigenvalue weighted by atomic mass is 35.5. The molecular formula is C16H22ClN5O3. The molecule has 1 aliphatic heterocycles. The number of fused-ring (bicyclic) bond motifs is 1. The van der Waals surface area contributed by atoms with Gasteiger partial charge < -0.3 is 20.1 Å². The first-order valence-electron chi connectivity index (χ1n) is 7.96. The molecule has 0 saturated carbocycles. The molecule has 1 aliphatic rings. The van der Waals surface area contributed by atoms with E-state index >= 15 is 0 Å². The van der Waals surface area contributed by atoms with Gasteiger partial charge in [0.15, 0.2) is 17.2 Å². The van der Waals surface area contributed by atoms with Gasteiger partial charge in [-0.3, -0.25) is 4.79 Å². The van der Waals surface area contributed by atoms with E-state index in [0.29, 0.717) is 42.6 Å². The molecule has 0 aliphatic carbocycles. The number of aromatic nitrogens is 3. The van der Waals surface area contributed by atoms with Crippen LogP contribution in [-0.2, 0) is 0 Å². The Labute approximate surface area is 152 Å². The largest absolute Gasteiger partial charge is 0.486 e. The van der Waals surface area contributed by atoms with Crippen molar-refractivity contribution >= 4 is 18.3 Å². The van der Waals surface area contributed by atoms with Gasteiger partial charge in [-0.15, -0.1) is 17.5 Å². The number of halogens is 1. The minimum absolute atomic E-state index is 0. The summed E-state index contributed by atoms with van der Waals surface area (Å²) in [5.41, 5.74) is 1.78. The predicted molar refractivity (Wildman–Crippen MR) is 95.2 cm³/mol. The summed E-state index contributed by atoms with van der Waals surface area (Å²) in [7, 11) is 1.88. The zero-order valence-electron chi connectivity index (χ0n) is 14.2. The summed E-state index contributed by atoms with van der Waals surface area (Å²) in [6.07, 6.45) is 0.859. The highest BCUT2D eigenvalue weighted by Crippen LogP contribution is 2.32. The number of hydrogen-bond acceptors (Lipinski definition) is 6. The van der Waals surface area contributed by atoms with Crippen LogP contribution in [-0.4, -0.2) is 54.3 Å². The molecule has 0 unspecified atom stereocenters. The summed E-state index contributed by atoms with van der Waals surface area (Å²) in [5.74, 6) is 1.17. The molecule has 9 heteroatoms. The fourth-order valence-corrected chi connectivity index (χ4v) is 2.50. The van der Waals surface area contributed by atoms with E-state index in [1.165, 1.54) is 0 Å². The van der Waals surface area contributed by atoms with Gasteiger partial charge >= 0.3 is 0 Å². The summed E-state index contributed by atoms with van der Waals surface area (Å²) in [5, 5.41) is 14.0. The summed E-state index contributed by atoms with van der Waals surface area (Å²) in [4.78, 5) is 12.2. The van der Waals surface area contributed by atoms with Crippen LogP contribution in [0, 0.1) is 6.92 Å². The van der Waals surface area contributed by atoms with E-state index in [-0.39, 0.29) is 18.3 Å². The second-order valence-electron chi connectivity index (χ2n) is 5.48. The molecule has 0 saturated heterocycles. The third kappa shape index (κ3) is 4.21. The highest BCUT2D eigenvalue weighted by Gasteiger charge is 2.19. The lowest BCUT2D eigenvalue weighted by Crippen LogP contribution is -2.27. The zero-order chi connectivity index (χ0) is 16.9. The first kappa shape index (κ1) is 19.0. The Hall–Kier alpha value is -2.32. The van der Waals surface area contributed by atoms with Crippen LogP contribution in [0.15, 0.2) is 18.2 Å². The normalized spacial score (nSPS) is 12.4. The second kappa shape index (κ2) is 8.68. The number of nitrogens with one attached hydrogen (secondary N) is 2. The van der Waals surface area contributed by atoms with Gasteiger partial charge in [-0.2, -0.15) is 0 Å². The fraction of sp³-hybridized carbons (Fsp3) is 0.438. The Bertz CT molecular complexity index is 735. The van der Waals surface area contributed by atoms with Crippen LogP contribution >= 0.6 is 12.4 Å². The average Bonchev–Trinajstić information content (AvgIpc) is 2.99. The average molecular weight is 368 g/mol. The standard InChI is InChI=1S/C16H21N5O3.ClH/c1-11-15(16(22)18-7-3-6-17-2)19-20-21(11)12-4-5-13-14(10-12)24-9-8-23-13;/h4-5,10,17H,3,6-9H2,1-2H3,(H,18,22);1H. The van der Waals surface area contributed by atoms with Gasteiger partial charge in [-0.25, -0.2) is 4.68 Å². The van der Waals surface area contributed by atoms with Crippen LogP contribution in [0.5, 0.6) is 11.5 Å². The maximum atomic E-state index is 12.2. The Kier molecular flexibility index (Phi) is 6.60. The van der Waals surface area contributed by atoms with Gasteiger partial charge in [-0.1, -0.05) is 5.21 Å². The van der Waals surface area contributed by atoms with Crippen molar-refractivity contribution in [3.8, 4) is 17.2 Å². The van der Waals surface area contributed by atoms with Gasteiger partial charge in [0.2, 0.25) is 0 Å². The molecule has 0 bridgehead atoms. The minimum Gasteiger partial charge on any atom is -0.486 e. The lowest BCUT2D eigenvalue weighted by Gasteiger charge is -2.18. The van der Waals surface area contributed by atoms with E-state index in [0.717, 1.165) is 18.7 Å². The van der Waals surface area contributed by atoms with Gasteiger partial charge in [0.1, 0.15) is 13.2 Å². The Balaban J connectivity index is 0.00000225. The molecule has 0 spiro atoms. The molecular weight excluding hydrogens is 346 g/mol. The molecule has 0 radical (unpaired) electrons. The number of hydrogen-bond donors (Lipinski definition) is 2. The van der Waals surface area contributed by atoms with Gasteiger partial charge in [0.05, 0.1) is 11.4 Å². The van der Waals surface area contributed by atoms with Crippen molar-refractivity contribution in [3.63, 3.8) is 0 Å². The topological polar surface area (TPSA) is 90.3 Å². The summed E-state index contributed by atoms with van der Waals surface area (Å²) in [6.45, 7) is 4.33. The molecule has 1 aromatic heterocycles. The lowest BCUT2D eigenvalue weighted by atomic mass is 10.2. The molecule has 136 valence electrons. The Morgan fingerprint density at radius 3 is 2.76 bits per heavy atom. The van der Waals surface area contributed by atoms with Crippen molar-refractivity contribution in [3.05, 3.63) is 29.6 Å². The van der Waals surface area contributed by atoms with Crippen molar-refractivity contribution in [2.45, 2.75) is 13.3 Å². The second-order valence-corrected chi connectivity index (χ2v) is 5.48. The molecule has 1 amide bonds. The van der Waals surface area contributed by atoms with Crippen molar-refractivity contribution in [2.75, 3.05) is 33.4 Å². The first-order chi connectivity index (χ1) is 11.7. The van der Waals surface area contributed by atoms with Crippen molar-refractivity contribution in [2.24, 2.45) is 0 Å². The van der Waals surface area contributed by atoms with E-state index in [9.17, 15) is 4.79 Å². The number of amides is 1. The molecule has 25 heavy (non-hydrogen) atoms. The van der Waals surface area contributed by atoms with Crippen LogP contribution in [0.1, 0.15) is 22.6 Å². The third-order valence-corrected chi connectivity index (χ3v) is 3.77. The Morgan fingerprint density at radius 2 is 2.00 bits per heavy atom. The van der Waals surface area contributed by atoms with Crippen molar-refractivity contribution < 1.29 is 14.3 Å². The smallest absolute Gasteiger partial charge is 0.273 e. The fourth-order valence-electron chi connectivity index (χ4n) is 2.50. The maximum absolute atomic E-state index is 12.2. The SMILES string of the molecule is CNCCCNC(=O)c1nnn(-c2ccc3c(c2)OCCO3)c1C.Cl. The number of benzene rings is 1. The molecule has 3 rings (SSSR count). The van der Waals surface area contributed by atoms with Gasteiger partial charge in [0, 0.05) is 12.6 Å². The Morgan fingerprint density at radius 1 is 1.24 bits per heavy atom. The van der Waals surface area contributed by atoms with E-state index in [4.69, 9.17) is 9.47 Å². The quantitative estimate of drug-likeness (QED) is 0.743. The first-order valence-corrected chi connectivity index (χ1v) is 7.96. The van der Waals surface area contributed by atoms with Crippen molar-refractivity contribution in [1.82, 2.24) is 25.6 Å². The molecule has 0 fully saturated rings. The monoisotopic (exact) mass is 367 g/mol.